The Kier molecular flexibility index (Phi) is 7.77. The van der Waals surface area contributed by atoms with E-state index in [4.69, 9.17) is 17.3 Å². The van der Waals surface area contributed by atoms with Crippen LogP contribution in [-0.2, 0) is 11.3 Å². The number of halogens is 2. The van der Waals surface area contributed by atoms with Crippen molar-refractivity contribution in [2.45, 2.75) is 25.9 Å². The standard InChI is InChI=1S/C23H23ClFN7O2.H2S/c1-4-17(33)31-9-8-14(11-31)32-23(27-3)18(22(26)34)15(29-32)7-6-13-10-16-21(20(25)19(13)24)30(5-2)12-28-16;/h4,10,12,14,27H,1,5,8-9,11H2,2-3H3,(H2,26,34);1H2/t14-;/m0./s1. The maximum Gasteiger partial charge on any atom is 0.255 e. The summed E-state index contributed by atoms with van der Waals surface area (Å²) in [5, 5.41) is 7.33. The van der Waals surface area contributed by atoms with Crippen LogP contribution in [0, 0.1) is 17.7 Å². The van der Waals surface area contributed by atoms with Crippen molar-refractivity contribution in [2.24, 2.45) is 5.73 Å². The Labute approximate surface area is 213 Å². The molecule has 1 aliphatic rings. The normalized spacial score (nSPS) is 14.9. The van der Waals surface area contributed by atoms with Crippen LogP contribution in [0.4, 0.5) is 10.2 Å². The molecule has 2 amide bonds. The number of benzene rings is 1. The molecule has 184 valence electrons. The number of aromatic nitrogens is 4. The fourth-order valence-corrected chi connectivity index (χ4v) is 4.34. The van der Waals surface area contributed by atoms with Gasteiger partial charge in [0, 0.05) is 32.2 Å². The number of carbonyl (C=O) groups excluding carboxylic acids is 2. The zero-order valence-corrected chi connectivity index (χ0v) is 21.0. The largest absolute Gasteiger partial charge is 0.373 e. The molecule has 1 saturated heterocycles. The average molecular weight is 518 g/mol. The Balaban J connectivity index is 0.00000342. The van der Waals surface area contributed by atoms with Gasteiger partial charge in [-0.1, -0.05) is 24.1 Å². The predicted molar refractivity (Wildman–Crippen MR) is 137 cm³/mol. The van der Waals surface area contributed by atoms with Crippen molar-refractivity contribution in [3.05, 3.63) is 52.7 Å². The number of fused-ring (bicyclic) bond motifs is 1. The molecule has 0 spiro atoms. The van der Waals surface area contributed by atoms with E-state index in [9.17, 15) is 14.0 Å². The van der Waals surface area contributed by atoms with E-state index in [1.807, 2.05) is 6.92 Å². The van der Waals surface area contributed by atoms with Gasteiger partial charge in [-0.2, -0.15) is 18.6 Å². The highest BCUT2D eigenvalue weighted by molar-refractivity contribution is 7.59. The molecule has 0 unspecified atom stereocenters. The molecule has 2 aromatic heterocycles. The first-order valence-corrected chi connectivity index (χ1v) is 11.0. The smallest absolute Gasteiger partial charge is 0.255 e. The minimum absolute atomic E-state index is 0. The Hall–Kier alpha value is -3.49. The van der Waals surface area contributed by atoms with Crippen molar-refractivity contribution in [1.82, 2.24) is 24.2 Å². The molecule has 4 rings (SSSR count). The van der Waals surface area contributed by atoms with Gasteiger partial charge in [-0.3, -0.25) is 9.59 Å². The molecule has 1 atom stereocenters. The maximum absolute atomic E-state index is 14.9. The second-order valence-corrected chi connectivity index (χ2v) is 8.14. The number of rotatable bonds is 5. The number of nitrogens with zero attached hydrogens (tertiary/aromatic N) is 5. The van der Waals surface area contributed by atoms with Gasteiger partial charge in [0.2, 0.25) is 5.91 Å². The summed E-state index contributed by atoms with van der Waals surface area (Å²) in [6.45, 7) is 6.87. The lowest BCUT2D eigenvalue weighted by Crippen LogP contribution is -2.27. The number of amides is 2. The van der Waals surface area contributed by atoms with Crippen molar-refractivity contribution in [3.63, 3.8) is 0 Å². The van der Waals surface area contributed by atoms with Crippen LogP contribution in [0.5, 0.6) is 0 Å². The van der Waals surface area contributed by atoms with E-state index in [0.29, 0.717) is 42.9 Å². The quantitative estimate of drug-likeness (QED) is 0.399. The van der Waals surface area contributed by atoms with Crippen molar-refractivity contribution >= 4 is 53.8 Å². The van der Waals surface area contributed by atoms with Crippen molar-refractivity contribution in [3.8, 4) is 11.8 Å². The minimum Gasteiger partial charge on any atom is -0.373 e. The molecule has 0 aliphatic carbocycles. The van der Waals surface area contributed by atoms with Crippen LogP contribution in [0.25, 0.3) is 11.0 Å². The lowest BCUT2D eigenvalue weighted by Gasteiger charge is -2.16. The Morgan fingerprint density at radius 3 is 2.80 bits per heavy atom. The van der Waals surface area contributed by atoms with Gasteiger partial charge in [0.1, 0.15) is 16.9 Å². The zero-order valence-electron chi connectivity index (χ0n) is 19.2. The molecular formula is C23H25ClFN7O2S. The number of aryl methyl sites for hydroxylation is 1. The zero-order chi connectivity index (χ0) is 24.6. The fourth-order valence-electron chi connectivity index (χ4n) is 4.15. The number of hydrogen-bond acceptors (Lipinski definition) is 5. The SMILES string of the molecule is C=CC(=O)N1CC[C@H](n2nc(C#Cc3cc4ncn(CC)c4c(F)c3Cl)c(C(N)=O)c2NC)C1.S. The topological polar surface area (TPSA) is 111 Å². The highest BCUT2D eigenvalue weighted by Crippen LogP contribution is 2.30. The van der Waals surface area contributed by atoms with Crippen LogP contribution in [0.1, 0.15) is 41.0 Å². The van der Waals surface area contributed by atoms with Gasteiger partial charge in [-0.25, -0.2) is 14.1 Å². The lowest BCUT2D eigenvalue weighted by atomic mass is 10.1. The molecule has 35 heavy (non-hydrogen) atoms. The number of likely N-dealkylation sites (tertiary alicyclic amines) is 1. The van der Waals surface area contributed by atoms with Crippen molar-refractivity contribution in [1.29, 1.82) is 0 Å². The minimum atomic E-state index is -0.716. The summed E-state index contributed by atoms with van der Waals surface area (Å²) < 4.78 is 18.2. The van der Waals surface area contributed by atoms with E-state index in [2.05, 4.69) is 33.8 Å². The van der Waals surface area contributed by atoms with Crippen LogP contribution < -0.4 is 11.1 Å². The monoisotopic (exact) mass is 517 g/mol. The highest BCUT2D eigenvalue weighted by atomic mass is 35.5. The predicted octanol–water partition coefficient (Wildman–Crippen LogP) is 2.66. The van der Waals surface area contributed by atoms with Gasteiger partial charge in [0.15, 0.2) is 11.5 Å². The number of hydrogen-bond donors (Lipinski definition) is 2. The second kappa shape index (κ2) is 10.4. The molecule has 0 bridgehead atoms. The summed E-state index contributed by atoms with van der Waals surface area (Å²) in [7, 11) is 1.64. The third-order valence-corrected chi connectivity index (χ3v) is 6.20. The number of nitrogens with one attached hydrogen (secondary N) is 1. The molecule has 1 fully saturated rings. The van der Waals surface area contributed by atoms with Crippen molar-refractivity contribution in [2.75, 3.05) is 25.5 Å². The van der Waals surface area contributed by atoms with Gasteiger partial charge < -0.3 is 20.5 Å². The van der Waals surface area contributed by atoms with Gasteiger partial charge in [-0.05, 0) is 31.4 Å². The first-order valence-electron chi connectivity index (χ1n) is 10.7. The Morgan fingerprint density at radius 1 is 1.43 bits per heavy atom. The first kappa shape index (κ1) is 26.1. The summed E-state index contributed by atoms with van der Waals surface area (Å²) in [4.78, 5) is 30.1. The molecule has 9 nitrogen and oxygen atoms in total. The summed E-state index contributed by atoms with van der Waals surface area (Å²) >= 11 is 6.26. The molecule has 0 radical (unpaired) electrons. The third-order valence-electron chi connectivity index (χ3n) is 5.83. The van der Waals surface area contributed by atoms with Gasteiger partial charge in [0.05, 0.1) is 22.9 Å². The highest BCUT2D eigenvalue weighted by Gasteiger charge is 2.31. The van der Waals surface area contributed by atoms with Gasteiger partial charge >= 0.3 is 0 Å². The maximum atomic E-state index is 14.9. The van der Waals surface area contributed by atoms with Gasteiger partial charge in [-0.15, -0.1) is 0 Å². The summed E-state index contributed by atoms with van der Waals surface area (Å²) in [5.41, 5.74) is 6.81. The number of primary amides is 1. The Bertz CT molecular complexity index is 1390. The van der Waals surface area contributed by atoms with Crippen molar-refractivity contribution < 1.29 is 14.0 Å². The molecule has 12 heteroatoms. The molecular weight excluding hydrogens is 493 g/mol. The van der Waals surface area contributed by atoms with E-state index >= 15 is 0 Å². The van der Waals surface area contributed by atoms with E-state index in [0.717, 1.165) is 0 Å². The molecule has 3 N–H and O–H groups in total. The number of nitrogens with two attached hydrogens (primary N) is 1. The van der Waals surface area contributed by atoms with E-state index in [-0.39, 0.29) is 47.3 Å². The summed E-state index contributed by atoms with van der Waals surface area (Å²) in [5.74, 6) is 4.53. The second-order valence-electron chi connectivity index (χ2n) is 7.76. The molecule has 1 aromatic carbocycles. The van der Waals surface area contributed by atoms with E-state index in [1.165, 1.54) is 12.4 Å². The lowest BCUT2D eigenvalue weighted by molar-refractivity contribution is -0.125. The fraction of sp³-hybridized carbons (Fsp3) is 0.304. The number of imidazole rings is 1. The van der Waals surface area contributed by atoms with E-state index < -0.39 is 11.7 Å². The number of anilines is 1. The molecule has 0 saturated carbocycles. The van der Waals surface area contributed by atoms with Gasteiger partial charge in [0.25, 0.3) is 5.91 Å². The molecule has 3 aromatic rings. The first-order chi connectivity index (χ1) is 16.3. The van der Waals surface area contributed by atoms with Crippen LogP contribution >= 0.6 is 25.1 Å². The molecule has 3 heterocycles. The van der Waals surface area contributed by atoms with E-state index in [1.54, 1.807) is 27.3 Å². The van der Waals surface area contributed by atoms with Crippen LogP contribution in [0.15, 0.2) is 25.0 Å². The average Bonchev–Trinajstić information content (AvgIpc) is 3.55. The molecule has 1 aliphatic heterocycles. The Morgan fingerprint density at radius 2 is 2.17 bits per heavy atom. The summed E-state index contributed by atoms with van der Waals surface area (Å²) in [6.07, 6.45) is 3.43. The number of carbonyl (C=O) groups is 2. The van der Waals surface area contributed by atoms with Crippen LogP contribution in [0.2, 0.25) is 5.02 Å². The summed E-state index contributed by atoms with van der Waals surface area (Å²) in [6, 6.07) is 1.41. The van der Waals surface area contributed by atoms with Crippen LogP contribution in [-0.4, -0.2) is 56.2 Å². The third kappa shape index (κ3) is 4.59. The van der Waals surface area contributed by atoms with Crippen LogP contribution in [0.3, 0.4) is 0 Å².